The third-order valence-corrected chi connectivity index (χ3v) is 6.07. The van der Waals surface area contributed by atoms with Crippen molar-refractivity contribution in [3.05, 3.63) is 66.1 Å². The van der Waals surface area contributed by atoms with E-state index in [0.29, 0.717) is 18.4 Å². The number of amides is 1. The first-order valence-electron chi connectivity index (χ1n) is 10.5. The molecule has 2 unspecified atom stereocenters. The van der Waals surface area contributed by atoms with Crippen LogP contribution < -0.4 is 5.32 Å². The summed E-state index contributed by atoms with van der Waals surface area (Å²) in [4.78, 5) is 19.6. The Labute approximate surface area is 172 Å². The molecule has 2 atom stereocenters. The van der Waals surface area contributed by atoms with Crippen molar-refractivity contribution in [3.8, 4) is 0 Å². The molecule has 5 nitrogen and oxygen atoms in total. The van der Waals surface area contributed by atoms with Crippen molar-refractivity contribution in [2.24, 2.45) is 0 Å². The maximum absolute atomic E-state index is 12.7. The molecule has 0 aliphatic carbocycles. The number of hydrogen-bond acceptors (Lipinski definition) is 4. The second-order valence-electron chi connectivity index (χ2n) is 8.06. The van der Waals surface area contributed by atoms with Gasteiger partial charge >= 0.3 is 0 Å². The van der Waals surface area contributed by atoms with Gasteiger partial charge in [-0.3, -0.25) is 9.69 Å². The average molecular weight is 392 g/mol. The maximum Gasteiger partial charge on any atom is 0.237 e. The minimum atomic E-state index is -0.123. The molecule has 0 bridgehead atoms. The lowest BCUT2D eigenvalue weighted by Gasteiger charge is -2.34. The maximum atomic E-state index is 12.7. The highest BCUT2D eigenvalue weighted by atomic mass is 16.3. The van der Waals surface area contributed by atoms with Gasteiger partial charge in [-0.05, 0) is 56.5 Å². The molecule has 1 aromatic heterocycles. The predicted molar refractivity (Wildman–Crippen MR) is 115 cm³/mol. The number of fused-ring (bicyclic) bond motifs is 1. The molecule has 1 fully saturated rings. The molecule has 2 heterocycles. The zero-order valence-corrected chi connectivity index (χ0v) is 17.2. The lowest BCUT2D eigenvalue weighted by Crippen LogP contribution is -2.48. The topological polar surface area (TPSA) is 58.4 Å². The molecule has 3 aromatic rings. The Kier molecular flexibility index (Phi) is 5.95. The first-order chi connectivity index (χ1) is 14.1. The number of nitrogens with one attached hydrogen (secondary N) is 1. The number of benzene rings is 2. The number of piperidine rings is 1. The van der Waals surface area contributed by atoms with Crippen molar-refractivity contribution in [2.45, 2.75) is 44.6 Å². The number of nitrogens with zero attached hydrogens (tertiary/aromatic N) is 2. The summed E-state index contributed by atoms with van der Waals surface area (Å²) >= 11 is 0. The number of aromatic nitrogens is 1. The smallest absolute Gasteiger partial charge is 0.237 e. The quantitative estimate of drug-likeness (QED) is 0.680. The van der Waals surface area contributed by atoms with Crippen LogP contribution in [0.15, 0.2) is 59.0 Å². The van der Waals surface area contributed by atoms with Crippen molar-refractivity contribution in [2.75, 3.05) is 19.6 Å². The lowest BCUT2D eigenvalue weighted by molar-refractivity contribution is -0.126. The Hall–Kier alpha value is -2.66. The van der Waals surface area contributed by atoms with Crippen molar-refractivity contribution < 1.29 is 9.21 Å². The molecular weight excluding hydrogens is 362 g/mol. The number of hydrogen-bond donors (Lipinski definition) is 1. The van der Waals surface area contributed by atoms with Gasteiger partial charge in [-0.1, -0.05) is 49.4 Å². The molecule has 1 amide bonds. The van der Waals surface area contributed by atoms with E-state index in [1.54, 1.807) is 0 Å². The fourth-order valence-electron chi connectivity index (χ4n) is 4.06. The second-order valence-corrected chi connectivity index (χ2v) is 8.06. The van der Waals surface area contributed by atoms with Crippen LogP contribution in [0.1, 0.15) is 50.0 Å². The molecule has 2 aromatic carbocycles. The Morgan fingerprint density at radius 2 is 1.79 bits per heavy atom. The summed E-state index contributed by atoms with van der Waals surface area (Å²) in [6, 6.07) is 18.1. The molecule has 4 rings (SSSR count). The van der Waals surface area contributed by atoms with Gasteiger partial charge in [-0.25, -0.2) is 4.98 Å². The predicted octanol–water partition coefficient (Wildman–Crippen LogP) is 4.32. The van der Waals surface area contributed by atoms with Crippen LogP contribution in [-0.4, -0.2) is 41.5 Å². The summed E-state index contributed by atoms with van der Waals surface area (Å²) < 4.78 is 5.95. The highest BCUT2D eigenvalue weighted by Crippen LogP contribution is 2.30. The van der Waals surface area contributed by atoms with Gasteiger partial charge in [0, 0.05) is 12.5 Å². The molecule has 5 heteroatoms. The van der Waals surface area contributed by atoms with Crippen LogP contribution in [0, 0.1) is 0 Å². The molecule has 1 aliphatic rings. The molecule has 0 spiro atoms. The van der Waals surface area contributed by atoms with Crippen LogP contribution in [0.25, 0.3) is 11.1 Å². The summed E-state index contributed by atoms with van der Waals surface area (Å²) in [7, 11) is 0. The number of rotatable bonds is 6. The summed E-state index contributed by atoms with van der Waals surface area (Å²) in [5.74, 6) is 1.57. The largest absolute Gasteiger partial charge is 0.440 e. The van der Waals surface area contributed by atoms with Crippen molar-refractivity contribution in [1.29, 1.82) is 0 Å². The zero-order chi connectivity index (χ0) is 20.2. The van der Waals surface area contributed by atoms with E-state index in [1.807, 2.05) is 49.4 Å². The van der Waals surface area contributed by atoms with Crippen LogP contribution in [0.5, 0.6) is 0 Å². The monoisotopic (exact) mass is 391 g/mol. The minimum absolute atomic E-state index is 0.105. The normalized spacial score (nSPS) is 17.9. The number of likely N-dealkylation sites (tertiary alicyclic amines) is 1. The van der Waals surface area contributed by atoms with E-state index >= 15 is 0 Å². The molecule has 29 heavy (non-hydrogen) atoms. The van der Waals surface area contributed by atoms with E-state index in [4.69, 9.17) is 4.42 Å². The lowest BCUT2D eigenvalue weighted by atomic mass is 9.95. The number of para-hydroxylation sites is 2. The fraction of sp³-hybridized carbons (Fsp3) is 0.417. The molecule has 1 aliphatic heterocycles. The van der Waals surface area contributed by atoms with Crippen LogP contribution in [-0.2, 0) is 4.79 Å². The summed E-state index contributed by atoms with van der Waals surface area (Å²) in [5.41, 5.74) is 3.02. The summed E-state index contributed by atoms with van der Waals surface area (Å²) in [5, 5.41) is 3.13. The van der Waals surface area contributed by atoms with E-state index in [0.717, 1.165) is 42.9 Å². The van der Waals surface area contributed by atoms with Gasteiger partial charge in [-0.2, -0.15) is 0 Å². The molecule has 0 radical (unpaired) electrons. The van der Waals surface area contributed by atoms with Gasteiger partial charge in [0.2, 0.25) is 5.91 Å². The van der Waals surface area contributed by atoms with Crippen molar-refractivity contribution >= 4 is 17.0 Å². The van der Waals surface area contributed by atoms with Crippen molar-refractivity contribution in [1.82, 2.24) is 15.2 Å². The van der Waals surface area contributed by atoms with E-state index in [9.17, 15) is 4.79 Å². The average Bonchev–Trinajstić information content (AvgIpc) is 3.22. The van der Waals surface area contributed by atoms with Crippen LogP contribution in [0.3, 0.4) is 0 Å². The standard InChI is InChI=1S/C24H29N3O2/c1-17(19-8-4-3-5-9-19)16-25-23(28)18(2)27-14-12-20(13-15-27)24-26-21-10-6-7-11-22(21)29-24/h3-11,17-18,20H,12-16H2,1-2H3,(H,25,28). The Bertz CT molecular complexity index is 912. The molecule has 1 N–H and O–H groups in total. The van der Waals surface area contributed by atoms with Crippen LogP contribution in [0.2, 0.25) is 0 Å². The molecule has 1 saturated heterocycles. The van der Waals surface area contributed by atoms with E-state index < -0.39 is 0 Å². The summed E-state index contributed by atoms with van der Waals surface area (Å²) in [6.07, 6.45) is 1.93. The van der Waals surface area contributed by atoms with Crippen LogP contribution >= 0.6 is 0 Å². The number of carbonyl (C=O) groups excluding carboxylic acids is 1. The SMILES string of the molecule is CC(CNC(=O)C(C)N1CCC(c2nc3ccccc3o2)CC1)c1ccccc1. The second kappa shape index (κ2) is 8.78. The third kappa shape index (κ3) is 4.51. The van der Waals surface area contributed by atoms with E-state index in [1.165, 1.54) is 5.56 Å². The van der Waals surface area contributed by atoms with E-state index in [-0.39, 0.29) is 11.9 Å². The molecular formula is C24H29N3O2. The zero-order valence-electron chi connectivity index (χ0n) is 17.2. The highest BCUT2D eigenvalue weighted by Gasteiger charge is 2.29. The van der Waals surface area contributed by atoms with Gasteiger partial charge in [0.05, 0.1) is 6.04 Å². The number of oxazole rings is 1. The van der Waals surface area contributed by atoms with E-state index in [2.05, 4.69) is 34.3 Å². The fourth-order valence-corrected chi connectivity index (χ4v) is 4.06. The highest BCUT2D eigenvalue weighted by molar-refractivity contribution is 5.81. The van der Waals surface area contributed by atoms with Crippen LogP contribution in [0.4, 0.5) is 0 Å². The Morgan fingerprint density at radius 3 is 2.52 bits per heavy atom. The van der Waals surface area contributed by atoms with Crippen molar-refractivity contribution in [3.63, 3.8) is 0 Å². The molecule has 0 saturated carbocycles. The third-order valence-electron chi connectivity index (χ3n) is 6.07. The van der Waals surface area contributed by atoms with Gasteiger partial charge in [0.25, 0.3) is 0 Å². The van der Waals surface area contributed by atoms with Gasteiger partial charge in [0.15, 0.2) is 11.5 Å². The first kappa shape index (κ1) is 19.6. The van der Waals surface area contributed by atoms with Gasteiger partial charge in [0.1, 0.15) is 5.52 Å². The number of carbonyl (C=O) groups is 1. The Balaban J connectivity index is 1.28. The first-order valence-corrected chi connectivity index (χ1v) is 10.5. The minimum Gasteiger partial charge on any atom is -0.440 e. The Morgan fingerprint density at radius 1 is 1.10 bits per heavy atom. The summed E-state index contributed by atoms with van der Waals surface area (Å²) in [6.45, 7) is 6.57. The van der Waals surface area contributed by atoms with Gasteiger partial charge in [-0.15, -0.1) is 0 Å². The van der Waals surface area contributed by atoms with Gasteiger partial charge < -0.3 is 9.73 Å². The molecule has 152 valence electrons.